The van der Waals surface area contributed by atoms with Crippen molar-refractivity contribution < 1.29 is 14.3 Å². The summed E-state index contributed by atoms with van der Waals surface area (Å²) in [7, 11) is 1.31. The number of aromatic nitrogens is 1. The Balaban J connectivity index is 1.72. The number of pyridine rings is 1. The molecule has 0 unspecified atom stereocenters. The van der Waals surface area contributed by atoms with Crippen LogP contribution in [0.3, 0.4) is 0 Å². The summed E-state index contributed by atoms with van der Waals surface area (Å²) in [5.74, 6) is -0.556. The van der Waals surface area contributed by atoms with Gasteiger partial charge in [-0.2, -0.15) is 5.26 Å². The summed E-state index contributed by atoms with van der Waals surface area (Å²) in [6.45, 7) is 4.01. The van der Waals surface area contributed by atoms with E-state index in [0.717, 1.165) is 22.0 Å². The van der Waals surface area contributed by atoms with Gasteiger partial charge in [-0.25, -0.2) is 9.78 Å². The lowest BCUT2D eigenvalue weighted by atomic mass is 10.0. The lowest BCUT2D eigenvalue weighted by Crippen LogP contribution is -2.14. The Morgan fingerprint density at radius 1 is 1.17 bits per heavy atom. The summed E-state index contributed by atoms with van der Waals surface area (Å²) in [6.07, 6.45) is 0. The van der Waals surface area contributed by atoms with Crippen LogP contribution in [0.2, 0.25) is 0 Å². The van der Waals surface area contributed by atoms with Crippen LogP contribution in [0.25, 0.3) is 10.9 Å². The summed E-state index contributed by atoms with van der Waals surface area (Å²) in [4.78, 5) is 28.4. The van der Waals surface area contributed by atoms with Crippen LogP contribution in [0.15, 0.2) is 47.5 Å². The van der Waals surface area contributed by atoms with Crippen LogP contribution >= 0.6 is 11.8 Å². The fourth-order valence-corrected chi connectivity index (χ4v) is 3.55. The van der Waals surface area contributed by atoms with Crippen molar-refractivity contribution in [2.24, 2.45) is 0 Å². The second-order valence-electron chi connectivity index (χ2n) is 6.44. The SMILES string of the molecule is COC(=O)c1ccc(NC(=O)CSc2nc3c(C)c(C)ccc3cc2C#N)cc1. The second kappa shape index (κ2) is 8.76. The Morgan fingerprint density at radius 3 is 2.55 bits per heavy atom. The van der Waals surface area contributed by atoms with E-state index in [0.29, 0.717) is 21.8 Å². The molecular formula is C22H19N3O3S. The Kier molecular flexibility index (Phi) is 6.15. The van der Waals surface area contributed by atoms with E-state index < -0.39 is 5.97 Å². The minimum atomic E-state index is -0.435. The number of nitriles is 1. The van der Waals surface area contributed by atoms with Gasteiger partial charge in [0.15, 0.2) is 0 Å². The Bertz CT molecular complexity index is 1130. The topological polar surface area (TPSA) is 92.1 Å². The minimum Gasteiger partial charge on any atom is -0.465 e. The van der Waals surface area contributed by atoms with E-state index in [1.54, 1.807) is 30.3 Å². The summed E-state index contributed by atoms with van der Waals surface area (Å²) < 4.78 is 4.65. The molecule has 0 saturated carbocycles. The Hall–Kier alpha value is -3.37. The van der Waals surface area contributed by atoms with Crippen molar-refractivity contribution in [2.75, 3.05) is 18.2 Å². The number of carbonyl (C=O) groups excluding carboxylic acids is 2. The number of anilines is 1. The molecule has 0 aliphatic rings. The summed E-state index contributed by atoms with van der Waals surface area (Å²) in [5.41, 5.74) is 4.44. The van der Waals surface area contributed by atoms with Crippen molar-refractivity contribution in [3.8, 4) is 6.07 Å². The van der Waals surface area contributed by atoms with Crippen LogP contribution in [0.4, 0.5) is 5.69 Å². The van der Waals surface area contributed by atoms with Gasteiger partial charge in [0.25, 0.3) is 0 Å². The zero-order chi connectivity index (χ0) is 21.0. The molecule has 7 heteroatoms. The van der Waals surface area contributed by atoms with Crippen LogP contribution in [0.5, 0.6) is 0 Å². The van der Waals surface area contributed by atoms with Gasteiger partial charge in [-0.3, -0.25) is 4.79 Å². The summed E-state index contributed by atoms with van der Waals surface area (Å²) >= 11 is 1.22. The van der Waals surface area contributed by atoms with Gasteiger partial charge >= 0.3 is 5.97 Å². The molecule has 1 amide bonds. The monoisotopic (exact) mass is 405 g/mol. The summed E-state index contributed by atoms with van der Waals surface area (Å²) in [5, 5.41) is 13.7. The molecule has 0 fully saturated rings. The zero-order valence-electron chi connectivity index (χ0n) is 16.3. The maximum Gasteiger partial charge on any atom is 0.337 e. The molecule has 0 atom stereocenters. The number of carbonyl (C=O) groups is 2. The van der Waals surface area contributed by atoms with Gasteiger partial charge in [0.1, 0.15) is 11.1 Å². The number of rotatable bonds is 5. The second-order valence-corrected chi connectivity index (χ2v) is 7.40. The highest BCUT2D eigenvalue weighted by Gasteiger charge is 2.13. The number of nitrogens with one attached hydrogen (secondary N) is 1. The lowest BCUT2D eigenvalue weighted by molar-refractivity contribution is -0.113. The van der Waals surface area contributed by atoms with Crippen LogP contribution in [-0.2, 0) is 9.53 Å². The van der Waals surface area contributed by atoms with Gasteiger partial charge in [-0.05, 0) is 55.3 Å². The molecule has 0 saturated heterocycles. The van der Waals surface area contributed by atoms with Crippen molar-refractivity contribution in [3.63, 3.8) is 0 Å². The normalized spacial score (nSPS) is 10.4. The molecule has 3 aromatic rings. The van der Waals surface area contributed by atoms with Gasteiger partial charge < -0.3 is 10.1 Å². The van der Waals surface area contributed by atoms with Crippen LogP contribution in [0.1, 0.15) is 27.0 Å². The highest BCUT2D eigenvalue weighted by atomic mass is 32.2. The highest BCUT2D eigenvalue weighted by molar-refractivity contribution is 8.00. The van der Waals surface area contributed by atoms with E-state index in [1.165, 1.54) is 18.9 Å². The molecule has 29 heavy (non-hydrogen) atoms. The van der Waals surface area contributed by atoms with Gasteiger partial charge in [0.2, 0.25) is 5.91 Å². The number of thioether (sulfide) groups is 1. The maximum atomic E-state index is 12.3. The first kappa shape index (κ1) is 20.4. The molecule has 0 aliphatic heterocycles. The molecule has 0 bridgehead atoms. The van der Waals surface area contributed by atoms with Crippen LogP contribution < -0.4 is 5.32 Å². The molecular weight excluding hydrogens is 386 g/mol. The predicted molar refractivity (Wildman–Crippen MR) is 113 cm³/mol. The molecule has 1 aromatic heterocycles. The van der Waals surface area contributed by atoms with Crippen molar-refractivity contribution in [3.05, 3.63) is 64.7 Å². The zero-order valence-corrected chi connectivity index (χ0v) is 17.1. The lowest BCUT2D eigenvalue weighted by Gasteiger charge is -2.10. The van der Waals surface area contributed by atoms with Crippen molar-refractivity contribution in [2.45, 2.75) is 18.9 Å². The third-order valence-corrected chi connectivity index (χ3v) is 5.52. The molecule has 2 aromatic carbocycles. The number of benzene rings is 2. The fourth-order valence-electron chi connectivity index (χ4n) is 2.79. The number of amides is 1. The van der Waals surface area contributed by atoms with E-state index in [-0.39, 0.29) is 11.7 Å². The third kappa shape index (κ3) is 4.55. The van der Waals surface area contributed by atoms with E-state index in [9.17, 15) is 14.9 Å². The molecule has 3 rings (SSSR count). The van der Waals surface area contributed by atoms with Crippen LogP contribution in [0, 0.1) is 25.2 Å². The smallest absolute Gasteiger partial charge is 0.337 e. The highest BCUT2D eigenvalue weighted by Crippen LogP contribution is 2.27. The van der Waals surface area contributed by atoms with Gasteiger partial charge in [0, 0.05) is 11.1 Å². The average Bonchev–Trinajstić information content (AvgIpc) is 2.74. The summed E-state index contributed by atoms with van der Waals surface area (Å²) in [6, 6.07) is 14.4. The number of methoxy groups -OCH3 is 1. The van der Waals surface area contributed by atoms with Crippen molar-refractivity contribution in [1.29, 1.82) is 5.26 Å². The molecule has 0 radical (unpaired) electrons. The quantitative estimate of drug-likeness (QED) is 0.504. The molecule has 1 N–H and O–H groups in total. The third-order valence-electron chi connectivity index (χ3n) is 4.53. The molecule has 146 valence electrons. The van der Waals surface area contributed by atoms with Crippen molar-refractivity contribution >= 4 is 40.2 Å². The molecule has 6 nitrogen and oxygen atoms in total. The molecule has 1 heterocycles. The number of ether oxygens (including phenoxy) is 1. The van der Waals surface area contributed by atoms with E-state index in [4.69, 9.17) is 0 Å². The number of nitrogens with zero attached hydrogens (tertiary/aromatic N) is 2. The van der Waals surface area contributed by atoms with Crippen LogP contribution in [-0.4, -0.2) is 29.7 Å². The van der Waals surface area contributed by atoms with Gasteiger partial charge in [-0.15, -0.1) is 0 Å². The standard InChI is InChI=1S/C22H19N3O3S/c1-13-4-5-16-10-17(11-23)21(25-20(16)14(13)2)29-12-19(26)24-18-8-6-15(7-9-18)22(27)28-3/h4-10H,12H2,1-3H3,(H,24,26). The first-order valence-corrected chi connectivity index (χ1v) is 9.83. The largest absolute Gasteiger partial charge is 0.465 e. The Morgan fingerprint density at radius 2 is 1.90 bits per heavy atom. The van der Waals surface area contributed by atoms with E-state index in [1.807, 2.05) is 26.0 Å². The first-order valence-electron chi connectivity index (χ1n) is 8.85. The van der Waals surface area contributed by atoms with Crippen molar-refractivity contribution in [1.82, 2.24) is 4.98 Å². The minimum absolute atomic E-state index is 0.108. The molecule has 0 spiro atoms. The van der Waals surface area contributed by atoms with E-state index >= 15 is 0 Å². The van der Waals surface area contributed by atoms with Gasteiger partial charge in [-0.1, -0.05) is 23.9 Å². The van der Waals surface area contributed by atoms with E-state index in [2.05, 4.69) is 21.1 Å². The van der Waals surface area contributed by atoms with Gasteiger partial charge in [0.05, 0.1) is 29.5 Å². The maximum absolute atomic E-state index is 12.3. The number of aryl methyl sites for hydroxylation is 2. The Labute approximate surface area is 172 Å². The number of hydrogen-bond donors (Lipinski definition) is 1. The molecule has 0 aliphatic carbocycles. The fraction of sp³-hybridized carbons (Fsp3) is 0.182. The number of fused-ring (bicyclic) bond motifs is 1. The number of esters is 1. The first-order chi connectivity index (χ1) is 13.9. The predicted octanol–water partition coefficient (Wildman–Crippen LogP) is 4.24. The average molecular weight is 405 g/mol. The number of hydrogen-bond acceptors (Lipinski definition) is 6.